The predicted molar refractivity (Wildman–Crippen MR) is 66.4 cm³/mol. The van der Waals surface area contributed by atoms with E-state index in [9.17, 15) is 0 Å². The lowest BCUT2D eigenvalue weighted by atomic mass is 10.0. The van der Waals surface area contributed by atoms with E-state index in [2.05, 4.69) is 38.2 Å². The number of pyridine rings is 1. The van der Waals surface area contributed by atoms with Crippen LogP contribution in [0.15, 0.2) is 16.7 Å². The molecule has 0 aromatic carbocycles. The number of rotatable bonds is 3. The molecule has 5 heteroatoms. The summed E-state index contributed by atoms with van der Waals surface area (Å²) in [6.07, 6.45) is 1.75. The number of hydrogen-bond acceptors (Lipinski definition) is 3. The highest BCUT2D eigenvalue weighted by molar-refractivity contribution is 9.10. The van der Waals surface area contributed by atoms with Crippen LogP contribution in [0.3, 0.4) is 0 Å². The van der Waals surface area contributed by atoms with Gasteiger partial charge in [-0.15, -0.1) is 0 Å². The van der Waals surface area contributed by atoms with Crippen molar-refractivity contribution in [3.8, 4) is 0 Å². The van der Waals surface area contributed by atoms with Crippen molar-refractivity contribution in [2.45, 2.75) is 0 Å². The maximum Gasteiger partial charge on any atom is 0.144 e. The zero-order valence-electron chi connectivity index (χ0n) is 8.50. The van der Waals surface area contributed by atoms with Crippen molar-refractivity contribution in [3.63, 3.8) is 0 Å². The number of aromatic nitrogens is 1. The van der Waals surface area contributed by atoms with Gasteiger partial charge in [0.15, 0.2) is 0 Å². The Balaban J connectivity index is 1.88. The number of likely N-dealkylation sites (tertiary alicyclic amines) is 1. The standard InChI is InChI=1S/C10H13BrClN3/c1-15-5-7(6-15)3-13-10-9(12)2-8(11)4-14-10/h2,4,7H,3,5-6H2,1H3,(H,13,14). The number of hydrogen-bond donors (Lipinski definition) is 1. The fourth-order valence-electron chi connectivity index (χ4n) is 1.74. The van der Waals surface area contributed by atoms with Gasteiger partial charge in [-0.05, 0) is 29.0 Å². The van der Waals surface area contributed by atoms with E-state index in [1.54, 1.807) is 6.20 Å². The number of nitrogens with zero attached hydrogens (tertiary/aromatic N) is 2. The molecule has 1 aromatic heterocycles. The Hall–Kier alpha value is -0.320. The van der Waals surface area contributed by atoms with Gasteiger partial charge in [-0.3, -0.25) is 0 Å². The average molecular weight is 291 g/mol. The molecule has 0 aliphatic carbocycles. The molecule has 0 spiro atoms. The first kappa shape index (κ1) is 11.2. The van der Waals surface area contributed by atoms with Crippen molar-refractivity contribution >= 4 is 33.3 Å². The van der Waals surface area contributed by atoms with Gasteiger partial charge in [-0.1, -0.05) is 11.6 Å². The summed E-state index contributed by atoms with van der Waals surface area (Å²) in [7, 11) is 2.13. The van der Waals surface area contributed by atoms with Gasteiger partial charge in [0.1, 0.15) is 5.82 Å². The van der Waals surface area contributed by atoms with Crippen LogP contribution in [0.4, 0.5) is 5.82 Å². The molecule has 82 valence electrons. The minimum absolute atomic E-state index is 0.664. The molecule has 2 heterocycles. The van der Waals surface area contributed by atoms with Crippen molar-refractivity contribution < 1.29 is 0 Å². The van der Waals surface area contributed by atoms with Crippen molar-refractivity contribution in [1.29, 1.82) is 0 Å². The second-order valence-electron chi connectivity index (χ2n) is 3.95. The third kappa shape index (κ3) is 2.83. The first-order chi connectivity index (χ1) is 7.15. The highest BCUT2D eigenvalue weighted by Crippen LogP contribution is 2.23. The van der Waals surface area contributed by atoms with Crippen LogP contribution in [0.2, 0.25) is 5.02 Å². The van der Waals surface area contributed by atoms with Crippen LogP contribution in [-0.2, 0) is 0 Å². The maximum absolute atomic E-state index is 6.04. The largest absolute Gasteiger partial charge is 0.368 e. The molecule has 1 N–H and O–H groups in total. The zero-order valence-corrected chi connectivity index (χ0v) is 10.8. The molecular weight excluding hydrogens is 277 g/mol. The minimum Gasteiger partial charge on any atom is -0.368 e. The smallest absolute Gasteiger partial charge is 0.144 e. The zero-order chi connectivity index (χ0) is 10.8. The number of anilines is 1. The normalized spacial score (nSPS) is 17.5. The third-order valence-corrected chi connectivity index (χ3v) is 3.23. The van der Waals surface area contributed by atoms with Crippen LogP contribution in [0.1, 0.15) is 0 Å². The molecule has 0 unspecified atom stereocenters. The Morgan fingerprint density at radius 1 is 1.67 bits per heavy atom. The first-order valence-electron chi connectivity index (χ1n) is 4.88. The van der Waals surface area contributed by atoms with Crippen LogP contribution in [0.25, 0.3) is 0 Å². The summed E-state index contributed by atoms with van der Waals surface area (Å²) in [5.41, 5.74) is 0. The van der Waals surface area contributed by atoms with Gasteiger partial charge in [0.2, 0.25) is 0 Å². The molecule has 0 radical (unpaired) electrons. The van der Waals surface area contributed by atoms with Crippen LogP contribution in [-0.4, -0.2) is 36.6 Å². The topological polar surface area (TPSA) is 28.2 Å². The molecule has 1 saturated heterocycles. The van der Waals surface area contributed by atoms with Gasteiger partial charge in [-0.2, -0.15) is 0 Å². The quantitative estimate of drug-likeness (QED) is 0.927. The van der Waals surface area contributed by atoms with E-state index < -0.39 is 0 Å². The Morgan fingerprint density at radius 3 is 3.00 bits per heavy atom. The van der Waals surface area contributed by atoms with E-state index in [1.165, 1.54) is 0 Å². The Bertz CT molecular complexity index is 353. The van der Waals surface area contributed by atoms with Crippen molar-refractivity contribution in [3.05, 3.63) is 21.8 Å². The molecule has 0 atom stereocenters. The number of nitrogens with one attached hydrogen (secondary N) is 1. The maximum atomic E-state index is 6.04. The molecule has 0 saturated carbocycles. The molecule has 2 rings (SSSR count). The van der Waals surface area contributed by atoms with E-state index in [0.29, 0.717) is 5.02 Å². The second-order valence-corrected chi connectivity index (χ2v) is 5.27. The lowest BCUT2D eigenvalue weighted by Gasteiger charge is -2.36. The fraction of sp³-hybridized carbons (Fsp3) is 0.500. The van der Waals surface area contributed by atoms with E-state index in [-0.39, 0.29) is 0 Å². The van der Waals surface area contributed by atoms with Crippen LogP contribution >= 0.6 is 27.5 Å². The molecule has 0 bridgehead atoms. The summed E-state index contributed by atoms with van der Waals surface area (Å²) in [4.78, 5) is 6.52. The summed E-state index contributed by atoms with van der Waals surface area (Å²) in [5.74, 6) is 1.49. The van der Waals surface area contributed by atoms with E-state index in [4.69, 9.17) is 11.6 Å². The first-order valence-corrected chi connectivity index (χ1v) is 6.05. The summed E-state index contributed by atoms with van der Waals surface area (Å²) in [6.45, 7) is 3.25. The van der Waals surface area contributed by atoms with E-state index >= 15 is 0 Å². The van der Waals surface area contributed by atoms with Crippen molar-refractivity contribution in [2.24, 2.45) is 5.92 Å². The molecule has 3 nitrogen and oxygen atoms in total. The minimum atomic E-state index is 0.664. The van der Waals surface area contributed by atoms with Gasteiger partial charge in [0.05, 0.1) is 5.02 Å². The monoisotopic (exact) mass is 289 g/mol. The Kier molecular flexibility index (Phi) is 3.49. The predicted octanol–water partition coefficient (Wildman–Crippen LogP) is 2.47. The van der Waals surface area contributed by atoms with Gasteiger partial charge < -0.3 is 10.2 Å². The summed E-state index contributed by atoms with van der Waals surface area (Å²) in [5, 5.41) is 3.94. The number of halogens is 2. The Labute approximate surface area is 103 Å². The molecule has 0 amide bonds. The lowest BCUT2D eigenvalue weighted by molar-refractivity contribution is 0.144. The van der Waals surface area contributed by atoms with Crippen LogP contribution in [0, 0.1) is 5.92 Å². The van der Waals surface area contributed by atoms with Crippen LogP contribution in [0.5, 0.6) is 0 Å². The average Bonchev–Trinajstić information content (AvgIpc) is 2.13. The van der Waals surface area contributed by atoms with E-state index in [1.807, 2.05) is 6.07 Å². The van der Waals surface area contributed by atoms with Crippen molar-refractivity contribution in [1.82, 2.24) is 9.88 Å². The van der Waals surface area contributed by atoms with Crippen molar-refractivity contribution in [2.75, 3.05) is 32.0 Å². The van der Waals surface area contributed by atoms with Gasteiger partial charge in [0, 0.05) is 36.2 Å². The highest BCUT2D eigenvalue weighted by Gasteiger charge is 2.22. The fourth-order valence-corrected chi connectivity index (χ4v) is 2.44. The molecular formula is C10H13BrClN3. The summed E-state index contributed by atoms with van der Waals surface area (Å²) in [6, 6.07) is 1.85. The molecule has 15 heavy (non-hydrogen) atoms. The molecule has 1 fully saturated rings. The van der Waals surface area contributed by atoms with Gasteiger partial charge in [0.25, 0.3) is 0 Å². The Morgan fingerprint density at radius 2 is 2.40 bits per heavy atom. The molecule has 1 aliphatic rings. The summed E-state index contributed by atoms with van der Waals surface area (Å²) < 4.78 is 0.904. The summed E-state index contributed by atoms with van der Waals surface area (Å²) >= 11 is 9.37. The third-order valence-electron chi connectivity index (χ3n) is 2.51. The SMILES string of the molecule is CN1CC(CNc2ncc(Br)cc2Cl)C1. The van der Waals surface area contributed by atoms with Gasteiger partial charge >= 0.3 is 0 Å². The molecule has 1 aliphatic heterocycles. The second kappa shape index (κ2) is 4.68. The van der Waals surface area contributed by atoms with Gasteiger partial charge in [-0.25, -0.2) is 4.98 Å². The lowest BCUT2D eigenvalue weighted by Crippen LogP contribution is -2.46. The van der Waals surface area contributed by atoms with Crippen LogP contribution < -0.4 is 5.32 Å². The molecule has 1 aromatic rings. The highest BCUT2D eigenvalue weighted by atomic mass is 79.9. The van der Waals surface area contributed by atoms with E-state index in [0.717, 1.165) is 35.8 Å².